The summed E-state index contributed by atoms with van der Waals surface area (Å²) in [5.74, 6) is 0.921. The van der Waals surface area contributed by atoms with Crippen LogP contribution in [0.4, 0.5) is 0 Å². The second-order valence-electron chi connectivity index (χ2n) is 6.18. The number of benzene rings is 1. The molecule has 0 heterocycles. The van der Waals surface area contributed by atoms with E-state index >= 15 is 0 Å². The molecule has 118 valence electrons. The van der Waals surface area contributed by atoms with Gasteiger partial charge < -0.3 is 15.4 Å². The summed E-state index contributed by atoms with van der Waals surface area (Å²) in [4.78, 5) is 11.5. The van der Waals surface area contributed by atoms with Crippen molar-refractivity contribution in [2.45, 2.75) is 39.0 Å². The van der Waals surface area contributed by atoms with Crippen molar-refractivity contribution in [2.75, 3.05) is 26.7 Å². The smallest absolute Gasteiger partial charge is 0.220 e. The van der Waals surface area contributed by atoms with Crippen LogP contribution in [0, 0.1) is 0 Å². The van der Waals surface area contributed by atoms with E-state index in [1.807, 2.05) is 19.2 Å². The molecule has 0 aliphatic heterocycles. The largest absolute Gasteiger partial charge is 0.492 e. The van der Waals surface area contributed by atoms with Gasteiger partial charge in [-0.2, -0.15) is 0 Å². The van der Waals surface area contributed by atoms with Gasteiger partial charge in [-0.3, -0.25) is 4.79 Å². The van der Waals surface area contributed by atoms with Gasteiger partial charge in [-0.05, 0) is 43.1 Å². The van der Waals surface area contributed by atoms with E-state index in [-0.39, 0.29) is 11.3 Å². The van der Waals surface area contributed by atoms with E-state index in [9.17, 15) is 4.79 Å². The Hall–Kier alpha value is -1.55. The first-order valence-corrected chi connectivity index (χ1v) is 7.58. The fourth-order valence-corrected chi connectivity index (χ4v) is 1.92. The summed E-state index contributed by atoms with van der Waals surface area (Å²) in [5, 5.41) is 5.88. The summed E-state index contributed by atoms with van der Waals surface area (Å²) >= 11 is 0. The molecule has 1 aromatic carbocycles. The molecule has 1 rings (SSSR count). The lowest BCUT2D eigenvalue weighted by Crippen LogP contribution is -2.28. The van der Waals surface area contributed by atoms with Gasteiger partial charge in [0.1, 0.15) is 12.4 Å². The van der Waals surface area contributed by atoms with Gasteiger partial charge >= 0.3 is 0 Å². The summed E-state index contributed by atoms with van der Waals surface area (Å²) in [6.07, 6.45) is 1.42. The van der Waals surface area contributed by atoms with Gasteiger partial charge in [0.25, 0.3) is 0 Å². The third kappa shape index (κ3) is 7.14. The molecule has 0 saturated carbocycles. The van der Waals surface area contributed by atoms with E-state index in [2.05, 4.69) is 43.5 Å². The van der Waals surface area contributed by atoms with Gasteiger partial charge in [0.15, 0.2) is 0 Å². The number of nitrogens with one attached hydrogen (secondary N) is 2. The fraction of sp³-hybridized carbons (Fsp3) is 0.588. The monoisotopic (exact) mass is 292 g/mol. The highest BCUT2D eigenvalue weighted by molar-refractivity contribution is 5.75. The normalized spacial score (nSPS) is 11.2. The lowest BCUT2D eigenvalue weighted by atomic mass is 9.87. The molecule has 0 aliphatic rings. The minimum atomic E-state index is 0.0805. The Bertz CT molecular complexity index is 421. The second kappa shape index (κ2) is 8.67. The highest BCUT2D eigenvalue weighted by Crippen LogP contribution is 2.24. The number of rotatable bonds is 8. The van der Waals surface area contributed by atoms with Gasteiger partial charge in [0.05, 0.1) is 6.54 Å². The molecule has 0 spiro atoms. The van der Waals surface area contributed by atoms with Gasteiger partial charge in [-0.15, -0.1) is 0 Å². The van der Waals surface area contributed by atoms with E-state index in [0.29, 0.717) is 19.6 Å². The number of ether oxygens (including phenoxy) is 1. The van der Waals surface area contributed by atoms with E-state index in [4.69, 9.17) is 4.74 Å². The third-order valence-corrected chi connectivity index (χ3v) is 3.24. The van der Waals surface area contributed by atoms with Crippen molar-refractivity contribution in [1.29, 1.82) is 0 Å². The predicted octanol–water partition coefficient (Wildman–Crippen LogP) is 2.48. The van der Waals surface area contributed by atoms with Crippen molar-refractivity contribution in [3.05, 3.63) is 29.8 Å². The molecule has 21 heavy (non-hydrogen) atoms. The van der Waals surface area contributed by atoms with Gasteiger partial charge in [0.2, 0.25) is 5.91 Å². The molecule has 4 nitrogen and oxygen atoms in total. The van der Waals surface area contributed by atoms with Crippen LogP contribution >= 0.6 is 0 Å². The van der Waals surface area contributed by atoms with Crippen molar-refractivity contribution in [2.24, 2.45) is 0 Å². The van der Waals surface area contributed by atoms with Crippen LogP contribution in [0.5, 0.6) is 5.75 Å². The zero-order chi connectivity index (χ0) is 15.7. The van der Waals surface area contributed by atoms with Crippen LogP contribution in [0.15, 0.2) is 24.3 Å². The van der Waals surface area contributed by atoms with Crippen molar-refractivity contribution in [3.8, 4) is 5.75 Å². The Kier molecular flexibility index (Phi) is 7.23. The van der Waals surface area contributed by atoms with Crippen LogP contribution in [-0.2, 0) is 10.2 Å². The molecule has 0 bridgehead atoms. The van der Waals surface area contributed by atoms with Crippen molar-refractivity contribution >= 4 is 5.91 Å². The minimum absolute atomic E-state index is 0.0805. The molecular formula is C17H28N2O2. The third-order valence-electron chi connectivity index (χ3n) is 3.24. The molecule has 1 aromatic rings. The molecule has 0 aliphatic carbocycles. The molecule has 0 atom stereocenters. The number of hydrogen-bond acceptors (Lipinski definition) is 3. The quantitative estimate of drug-likeness (QED) is 0.724. The zero-order valence-electron chi connectivity index (χ0n) is 13.7. The maximum Gasteiger partial charge on any atom is 0.220 e. The van der Waals surface area contributed by atoms with Crippen LogP contribution in [0.3, 0.4) is 0 Å². The maximum absolute atomic E-state index is 11.5. The average molecular weight is 292 g/mol. The van der Waals surface area contributed by atoms with E-state index in [0.717, 1.165) is 18.7 Å². The van der Waals surface area contributed by atoms with E-state index in [1.54, 1.807) is 0 Å². The van der Waals surface area contributed by atoms with Crippen LogP contribution in [-0.4, -0.2) is 32.7 Å². The second-order valence-corrected chi connectivity index (χ2v) is 6.18. The SMILES string of the molecule is CNCCCC(=O)NCCOc1ccc(C(C)(C)C)cc1. The summed E-state index contributed by atoms with van der Waals surface area (Å²) in [6, 6.07) is 8.14. The highest BCUT2D eigenvalue weighted by atomic mass is 16.5. The standard InChI is InChI=1S/C17H28N2O2/c1-17(2,3)14-7-9-15(10-8-14)21-13-12-19-16(20)6-5-11-18-4/h7-10,18H,5-6,11-13H2,1-4H3,(H,19,20). The lowest BCUT2D eigenvalue weighted by molar-refractivity contribution is -0.121. The Morgan fingerprint density at radius 1 is 1.14 bits per heavy atom. The number of hydrogen-bond donors (Lipinski definition) is 2. The summed E-state index contributed by atoms with van der Waals surface area (Å²) in [5.41, 5.74) is 1.44. The molecule has 2 N–H and O–H groups in total. The topological polar surface area (TPSA) is 50.4 Å². The van der Waals surface area contributed by atoms with E-state index in [1.165, 1.54) is 5.56 Å². The fourth-order valence-electron chi connectivity index (χ4n) is 1.92. The average Bonchev–Trinajstić information content (AvgIpc) is 2.43. The van der Waals surface area contributed by atoms with Crippen LogP contribution in [0.2, 0.25) is 0 Å². The summed E-state index contributed by atoms with van der Waals surface area (Å²) in [7, 11) is 1.89. The predicted molar refractivity (Wildman–Crippen MR) is 86.8 cm³/mol. The minimum Gasteiger partial charge on any atom is -0.492 e. The molecule has 4 heteroatoms. The molecular weight excluding hydrogens is 264 g/mol. The zero-order valence-corrected chi connectivity index (χ0v) is 13.7. The number of carbonyl (C=O) groups excluding carboxylic acids is 1. The first-order chi connectivity index (χ1) is 9.93. The van der Waals surface area contributed by atoms with Gasteiger partial charge in [-0.25, -0.2) is 0 Å². The highest BCUT2D eigenvalue weighted by Gasteiger charge is 2.12. The Labute approximate surface area is 128 Å². The van der Waals surface area contributed by atoms with Gasteiger partial charge in [-0.1, -0.05) is 32.9 Å². The Morgan fingerprint density at radius 3 is 2.38 bits per heavy atom. The molecule has 0 aromatic heterocycles. The molecule has 0 unspecified atom stereocenters. The summed E-state index contributed by atoms with van der Waals surface area (Å²) < 4.78 is 5.62. The van der Waals surface area contributed by atoms with Crippen LogP contribution in [0.25, 0.3) is 0 Å². The molecule has 0 fully saturated rings. The van der Waals surface area contributed by atoms with Crippen LogP contribution in [0.1, 0.15) is 39.2 Å². The van der Waals surface area contributed by atoms with Crippen LogP contribution < -0.4 is 15.4 Å². The lowest BCUT2D eigenvalue weighted by Gasteiger charge is -2.19. The summed E-state index contributed by atoms with van der Waals surface area (Å²) in [6.45, 7) is 8.46. The molecule has 0 radical (unpaired) electrons. The molecule has 1 amide bonds. The van der Waals surface area contributed by atoms with E-state index < -0.39 is 0 Å². The van der Waals surface area contributed by atoms with Gasteiger partial charge in [0, 0.05) is 6.42 Å². The molecule has 0 saturated heterocycles. The first kappa shape index (κ1) is 17.5. The van der Waals surface area contributed by atoms with Crippen molar-refractivity contribution in [1.82, 2.24) is 10.6 Å². The number of amides is 1. The first-order valence-electron chi connectivity index (χ1n) is 7.58. The Morgan fingerprint density at radius 2 is 1.81 bits per heavy atom. The van der Waals surface area contributed by atoms with Crippen molar-refractivity contribution < 1.29 is 9.53 Å². The Balaban J connectivity index is 2.22. The van der Waals surface area contributed by atoms with Crippen molar-refractivity contribution in [3.63, 3.8) is 0 Å². The number of carbonyl (C=O) groups is 1. The maximum atomic E-state index is 11.5.